The summed E-state index contributed by atoms with van der Waals surface area (Å²) in [7, 11) is 1.72. The molecule has 2 aromatic heterocycles. The maximum atomic E-state index is 12.1. The smallest absolute Gasteiger partial charge is 0.340 e. The van der Waals surface area contributed by atoms with Gasteiger partial charge < -0.3 is 15.0 Å². The molecule has 0 aliphatic rings. The van der Waals surface area contributed by atoms with Crippen molar-refractivity contribution < 1.29 is 14.3 Å². The average Bonchev–Trinajstić information content (AvgIpc) is 3.08. The number of aryl methyl sites for hydroxylation is 2. The van der Waals surface area contributed by atoms with Crippen molar-refractivity contribution in [2.24, 2.45) is 7.05 Å². The molecule has 3 rings (SSSR count). The van der Waals surface area contributed by atoms with Gasteiger partial charge in [-0.1, -0.05) is 18.2 Å². The Morgan fingerprint density at radius 1 is 1.35 bits per heavy atom. The first-order valence-corrected chi connectivity index (χ1v) is 7.08. The Morgan fingerprint density at radius 2 is 2.13 bits per heavy atom. The molecule has 118 valence electrons. The lowest BCUT2D eigenvalue weighted by Crippen LogP contribution is -2.22. The maximum absolute atomic E-state index is 12.1. The van der Waals surface area contributed by atoms with E-state index < -0.39 is 11.9 Å². The minimum Gasteiger partial charge on any atom is -0.452 e. The highest BCUT2D eigenvalue weighted by atomic mass is 16.5. The first kappa shape index (κ1) is 14.8. The second kappa shape index (κ2) is 5.96. The van der Waals surface area contributed by atoms with Crippen LogP contribution < -0.4 is 5.32 Å². The van der Waals surface area contributed by atoms with Gasteiger partial charge >= 0.3 is 5.97 Å². The summed E-state index contributed by atoms with van der Waals surface area (Å²) in [5.41, 5.74) is 2.04. The van der Waals surface area contributed by atoms with Crippen LogP contribution in [0.4, 0.5) is 5.82 Å². The molecule has 2 heterocycles. The Kier molecular flexibility index (Phi) is 3.84. The number of anilines is 1. The number of rotatable bonds is 4. The van der Waals surface area contributed by atoms with E-state index in [1.165, 1.54) is 0 Å². The summed E-state index contributed by atoms with van der Waals surface area (Å²) >= 11 is 0. The minimum atomic E-state index is -0.543. The maximum Gasteiger partial charge on any atom is 0.340 e. The van der Waals surface area contributed by atoms with Gasteiger partial charge in [0.2, 0.25) is 0 Å². The lowest BCUT2D eigenvalue weighted by molar-refractivity contribution is -0.119. The van der Waals surface area contributed by atoms with Gasteiger partial charge in [-0.25, -0.2) is 4.79 Å². The van der Waals surface area contributed by atoms with E-state index >= 15 is 0 Å². The number of aromatic nitrogens is 3. The number of nitrogens with one attached hydrogen (secondary N) is 2. The van der Waals surface area contributed by atoms with Gasteiger partial charge in [0, 0.05) is 30.2 Å². The van der Waals surface area contributed by atoms with E-state index in [0.29, 0.717) is 11.4 Å². The molecule has 0 spiro atoms. The van der Waals surface area contributed by atoms with Gasteiger partial charge in [0.1, 0.15) is 5.82 Å². The quantitative estimate of drug-likeness (QED) is 0.721. The van der Waals surface area contributed by atoms with Crippen LogP contribution in [-0.4, -0.2) is 33.2 Å². The zero-order valence-corrected chi connectivity index (χ0v) is 12.8. The van der Waals surface area contributed by atoms with E-state index in [1.807, 2.05) is 31.2 Å². The van der Waals surface area contributed by atoms with Gasteiger partial charge in [0.25, 0.3) is 5.91 Å². The molecule has 2 N–H and O–H groups in total. The number of nitrogens with zero attached hydrogens (tertiary/aromatic N) is 2. The van der Waals surface area contributed by atoms with Crippen molar-refractivity contribution in [3.8, 4) is 0 Å². The summed E-state index contributed by atoms with van der Waals surface area (Å²) in [6.07, 6.45) is 1.58. The van der Waals surface area contributed by atoms with Gasteiger partial charge in [0.05, 0.1) is 11.3 Å². The molecule has 0 unspecified atom stereocenters. The molecular formula is C16H16N4O3. The predicted octanol–water partition coefficient (Wildman–Crippen LogP) is 2.01. The Hall–Kier alpha value is -3.09. The van der Waals surface area contributed by atoms with Crippen LogP contribution in [0.5, 0.6) is 0 Å². The van der Waals surface area contributed by atoms with Crippen LogP contribution in [-0.2, 0) is 16.6 Å². The third kappa shape index (κ3) is 3.08. The SMILES string of the molecule is Cc1cc(NC(=O)COC(=O)c2c[nH]c3ccccc23)n(C)n1. The van der Waals surface area contributed by atoms with Crippen molar-refractivity contribution in [1.82, 2.24) is 14.8 Å². The molecule has 0 atom stereocenters. The van der Waals surface area contributed by atoms with Gasteiger partial charge in [0.15, 0.2) is 6.61 Å². The summed E-state index contributed by atoms with van der Waals surface area (Å²) < 4.78 is 6.62. The number of carbonyl (C=O) groups is 2. The fourth-order valence-corrected chi connectivity index (χ4v) is 2.36. The van der Waals surface area contributed by atoms with Crippen molar-refractivity contribution >= 4 is 28.6 Å². The standard InChI is InChI=1S/C16H16N4O3/c1-10-7-14(20(2)19-10)18-15(21)9-23-16(22)12-8-17-13-6-4-3-5-11(12)13/h3-8,17H,9H2,1-2H3,(H,18,21). The van der Waals surface area contributed by atoms with Crippen molar-refractivity contribution in [1.29, 1.82) is 0 Å². The molecule has 0 radical (unpaired) electrons. The van der Waals surface area contributed by atoms with Crippen LogP contribution >= 0.6 is 0 Å². The molecule has 0 saturated heterocycles. The summed E-state index contributed by atoms with van der Waals surface area (Å²) in [6, 6.07) is 9.13. The van der Waals surface area contributed by atoms with Crippen LogP contribution in [0.25, 0.3) is 10.9 Å². The van der Waals surface area contributed by atoms with E-state index in [9.17, 15) is 9.59 Å². The lowest BCUT2D eigenvalue weighted by Gasteiger charge is -2.06. The number of hydrogen-bond donors (Lipinski definition) is 2. The monoisotopic (exact) mass is 312 g/mol. The van der Waals surface area contributed by atoms with E-state index in [0.717, 1.165) is 16.6 Å². The molecular weight excluding hydrogens is 296 g/mol. The van der Waals surface area contributed by atoms with Crippen LogP contribution in [0.1, 0.15) is 16.1 Å². The van der Waals surface area contributed by atoms with E-state index in [2.05, 4.69) is 15.4 Å². The van der Waals surface area contributed by atoms with Gasteiger partial charge in [-0.05, 0) is 13.0 Å². The molecule has 7 nitrogen and oxygen atoms in total. The summed E-state index contributed by atoms with van der Waals surface area (Å²) in [5, 5.41) is 7.53. The molecule has 7 heteroatoms. The fraction of sp³-hybridized carbons (Fsp3) is 0.188. The highest BCUT2D eigenvalue weighted by Crippen LogP contribution is 2.18. The van der Waals surface area contributed by atoms with Gasteiger partial charge in [-0.2, -0.15) is 5.10 Å². The molecule has 0 fully saturated rings. The lowest BCUT2D eigenvalue weighted by atomic mass is 10.2. The van der Waals surface area contributed by atoms with Crippen molar-refractivity contribution in [3.05, 3.63) is 47.8 Å². The van der Waals surface area contributed by atoms with Crippen molar-refractivity contribution in [2.75, 3.05) is 11.9 Å². The number of carbonyl (C=O) groups excluding carboxylic acids is 2. The molecule has 0 saturated carbocycles. The zero-order valence-electron chi connectivity index (χ0n) is 12.8. The molecule has 0 aliphatic heterocycles. The number of para-hydroxylation sites is 1. The van der Waals surface area contributed by atoms with E-state index in [4.69, 9.17) is 4.74 Å². The topological polar surface area (TPSA) is 89.0 Å². The average molecular weight is 312 g/mol. The highest BCUT2D eigenvalue weighted by molar-refractivity contribution is 6.04. The van der Waals surface area contributed by atoms with Crippen LogP contribution in [0.3, 0.4) is 0 Å². The first-order valence-electron chi connectivity index (χ1n) is 7.08. The molecule has 1 aromatic carbocycles. The number of fused-ring (bicyclic) bond motifs is 1. The van der Waals surface area contributed by atoms with Crippen LogP contribution in [0.2, 0.25) is 0 Å². The third-order valence-corrected chi connectivity index (χ3v) is 3.41. The Morgan fingerprint density at radius 3 is 2.87 bits per heavy atom. The molecule has 1 amide bonds. The molecule has 3 aromatic rings. The Bertz CT molecular complexity index is 878. The molecule has 0 bridgehead atoms. The van der Waals surface area contributed by atoms with Gasteiger partial charge in [-0.15, -0.1) is 0 Å². The first-order chi connectivity index (χ1) is 11.0. The Balaban J connectivity index is 1.62. The third-order valence-electron chi connectivity index (χ3n) is 3.41. The number of aromatic amines is 1. The second-order valence-corrected chi connectivity index (χ2v) is 5.17. The van der Waals surface area contributed by atoms with Crippen molar-refractivity contribution in [3.63, 3.8) is 0 Å². The van der Waals surface area contributed by atoms with Crippen molar-refractivity contribution in [2.45, 2.75) is 6.92 Å². The number of ether oxygens (including phenoxy) is 1. The number of esters is 1. The second-order valence-electron chi connectivity index (χ2n) is 5.17. The summed E-state index contributed by atoms with van der Waals surface area (Å²) in [4.78, 5) is 27.0. The molecule has 0 aliphatic carbocycles. The van der Waals surface area contributed by atoms with Gasteiger partial charge in [-0.3, -0.25) is 9.48 Å². The Labute approximate surface area is 132 Å². The number of amides is 1. The molecule has 23 heavy (non-hydrogen) atoms. The van der Waals surface area contributed by atoms with Crippen LogP contribution in [0.15, 0.2) is 36.5 Å². The fourth-order valence-electron chi connectivity index (χ4n) is 2.36. The predicted molar refractivity (Wildman–Crippen MR) is 85.2 cm³/mol. The summed E-state index contributed by atoms with van der Waals surface area (Å²) in [5.74, 6) is -0.407. The van der Waals surface area contributed by atoms with Crippen LogP contribution in [0, 0.1) is 6.92 Å². The van der Waals surface area contributed by atoms with E-state index in [-0.39, 0.29) is 6.61 Å². The highest BCUT2D eigenvalue weighted by Gasteiger charge is 2.15. The largest absolute Gasteiger partial charge is 0.452 e. The zero-order chi connectivity index (χ0) is 16.4. The summed E-state index contributed by atoms with van der Waals surface area (Å²) in [6.45, 7) is 1.47. The minimum absolute atomic E-state index is 0.359. The number of hydrogen-bond acceptors (Lipinski definition) is 4. The normalized spacial score (nSPS) is 10.7. The van der Waals surface area contributed by atoms with E-state index in [1.54, 1.807) is 24.0 Å². The number of H-pyrrole nitrogens is 1. The number of benzene rings is 1.